The number of rotatable bonds is 3. The van der Waals surface area contributed by atoms with Crippen molar-refractivity contribution in [2.75, 3.05) is 36.0 Å². The van der Waals surface area contributed by atoms with Crippen LogP contribution in [0.3, 0.4) is 0 Å². The van der Waals surface area contributed by atoms with Gasteiger partial charge in [0.05, 0.1) is 21.9 Å². The van der Waals surface area contributed by atoms with Crippen LogP contribution < -0.4 is 9.80 Å². The maximum Gasteiger partial charge on any atom is 0.273 e. The van der Waals surface area contributed by atoms with Crippen LogP contribution in [-0.2, 0) is 5.41 Å². The van der Waals surface area contributed by atoms with Gasteiger partial charge < -0.3 is 14.7 Å². The first kappa shape index (κ1) is 23.0. The summed E-state index contributed by atoms with van der Waals surface area (Å²) >= 11 is 7.38. The van der Waals surface area contributed by atoms with Crippen molar-refractivity contribution in [3.05, 3.63) is 58.1 Å². The van der Waals surface area contributed by atoms with Crippen LogP contribution in [0.2, 0.25) is 5.02 Å². The van der Waals surface area contributed by atoms with Crippen molar-refractivity contribution in [3.8, 4) is 0 Å². The lowest BCUT2D eigenvalue weighted by atomic mass is 9.91. The Morgan fingerprint density at radius 1 is 1.12 bits per heavy atom. The molecule has 5 rings (SSSR count). The van der Waals surface area contributed by atoms with Gasteiger partial charge in [-0.25, -0.2) is 9.37 Å². The summed E-state index contributed by atoms with van der Waals surface area (Å²) in [5.41, 5.74) is 3.86. The smallest absolute Gasteiger partial charge is 0.273 e. The number of aromatic nitrogens is 3. The van der Waals surface area contributed by atoms with Crippen LogP contribution in [0, 0.1) is 5.82 Å². The van der Waals surface area contributed by atoms with E-state index in [4.69, 9.17) is 16.6 Å². The van der Waals surface area contributed by atoms with Gasteiger partial charge in [0.1, 0.15) is 17.0 Å². The zero-order valence-corrected chi connectivity index (χ0v) is 21.1. The molecule has 2 aromatic heterocycles. The molecule has 2 aliphatic heterocycles. The van der Waals surface area contributed by atoms with E-state index in [0.717, 1.165) is 16.5 Å². The average Bonchev–Trinajstić information content (AvgIpc) is 3.41. The molecule has 178 valence electrons. The van der Waals surface area contributed by atoms with Crippen LogP contribution in [0.5, 0.6) is 0 Å². The lowest BCUT2D eigenvalue weighted by Crippen LogP contribution is -2.61. The normalized spacial score (nSPS) is 18.8. The number of hydrogen-bond acceptors (Lipinski definition) is 7. The molecule has 0 atom stereocenters. The Morgan fingerprint density at radius 2 is 1.91 bits per heavy atom. The highest BCUT2D eigenvalue weighted by Crippen LogP contribution is 2.44. The van der Waals surface area contributed by atoms with Crippen molar-refractivity contribution in [1.82, 2.24) is 20.1 Å². The Labute approximate surface area is 207 Å². The van der Waals surface area contributed by atoms with E-state index in [0.29, 0.717) is 37.6 Å². The zero-order valence-electron chi connectivity index (χ0n) is 19.5. The first-order chi connectivity index (χ1) is 16.1. The molecule has 1 saturated heterocycles. The minimum Gasteiger partial charge on any atom is -0.343 e. The van der Waals surface area contributed by atoms with Gasteiger partial charge in [0, 0.05) is 37.3 Å². The van der Waals surface area contributed by atoms with Gasteiger partial charge in [0.15, 0.2) is 0 Å². The van der Waals surface area contributed by atoms with Gasteiger partial charge in [-0.1, -0.05) is 36.8 Å². The standard InChI is InChI=1S/C24H26ClFN6OS/c1-23(2)12-31(15-5-6-16(25)17(26)11-15)19-8-7-18(28-20(19)23)21(33)32-10-9-30(13-24(32,3)4)22-29-27-14-34-22/h5-8,11,14H,9-10,12-13H2,1-4H3. The van der Waals surface area contributed by atoms with Crippen LogP contribution in [0.4, 0.5) is 20.9 Å². The Balaban J connectivity index is 1.43. The van der Waals surface area contributed by atoms with Crippen molar-refractivity contribution >= 4 is 45.4 Å². The number of anilines is 3. The van der Waals surface area contributed by atoms with E-state index >= 15 is 0 Å². The molecule has 4 heterocycles. The number of carbonyl (C=O) groups is 1. The van der Waals surface area contributed by atoms with Gasteiger partial charge in [0.25, 0.3) is 5.91 Å². The van der Waals surface area contributed by atoms with Gasteiger partial charge in [-0.05, 0) is 44.2 Å². The highest BCUT2D eigenvalue weighted by atomic mass is 35.5. The van der Waals surface area contributed by atoms with Crippen LogP contribution in [-0.4, -0.2) is 57.7 Å². The minimum absolute atomic E-state index is 0.0866. The number of hydrogen-bond donors (Lipinski definition) is 0. The molecule has 1 amide bonds. The summed E-state index contributed by atoms with van der Waals surface area (Å²) < 4.78 is 14.1. The first-order valence-electron chi connectivity index (χ1n) is 11.1. The summed E-state index contributed by atoms with van der Waals surface area (Å²) in [7, 11) is 0. The molecule has 0 N–H and O–H groups in total. The Hall–Kier alpha value is -2.78. The number of pyridine rings is 1. The van der Waals surface area contributed by atoms with Crippen molar-refractivity contribution < 1.29 is 9.18 Å². The second-order valence-corrected chi connectivity index (χ2v) is 11.3. The zero-order chi connectivity index (χ0) is 24.3. The third kappa shape index (κ3) is 3.90. The van der Waals surface area contributed by atoms with Crippen molar-refractivity contribution in [2.45, 2.75) is 38.6 Å². The molecule has 1 fully saturated rings. The SMILES string of the molecule is CC1(C)CN(c2ccc(Cl)c(F)c2)c2ccc(C(=O)N3CCN(c4nncs4)CC3(C)C)nc21. The van der Waals surface area contributed by atoms with Crippen LogP contribution >= 0.6 is 22.9 Å². The molecule has 10 heteroatoms. The molecule has 0 radical (unpaired) electrons. The molecular formula is C24H26ClFN6OS. The Bertz CT molecular complexity index is 1250. The maximum atomic E-state index is 14.1. The number of carbonyl (C=O) groups excluding carboxylic acids is 1. The Kier molecular flexibility index (Phi) is 5.52. The van der Waals surface area contributed by atoms with Crippen molar-refractivity contribution in [1.29, 1.82) is 0 Å². The average molecular weight is 501 g/mol. The number of fused-ring (bicyclic) bond motifs is 1. The fourth-order valence-corrected chi connectivity index (χ4v) is 5.57. The number of nitrogens with zero attached hydrogens (tertiary/aromatic N) is 6. The third-order valence-electron chi connectivity index (χ3n) is 6.56. The maximum absolute atomic E-state index is 14.1. The van der Waals surface area contributed by atoms with E-state index < -0.39 is 11.4 Å². The molecule has 7 nitrogen and oxygen atoms in total. The van der Waals surface area contributed by atoms with E-state index in [1.807, 2.05) is 15.9 Å². The van der Waals surface area contributed by atoms with Gasteiger partial charge in [-0.15, -0.1) is 10.2 Å². The van der Waals surface area contributed by atoms with Gasteiger partial charge in [-0.2, -0.15) is 0 Å². The highest BCUT2D eigenvalue weighted by Gasteiger charge is 2.41. The van der Waals surface area contributed by atoms with Crippen LogP contribution in [0.25, 0.3) is 0 Å². The molecular weight excluding hydrogens is 475 g/mol. The summed E-state index contributed by atoms with van der Waals surface area (Å²) in [4.78, 5) is 24.5. The van der Waals surface area contributed by atoms with Crippen LogP contribution in [0.1, 0.15) is 43.9 Å². The molecule has 0 saturated carbocycles. The lowest BCUT2D eigenvalue weighted by Gasteiger charge is -2.46. The summed E-state index contributed by atoms with van der Waals surface area (Å²) in [6.45, 7) is 10.9. The summed E-state index contributed by atoms with van der Waals surface area (Å²) in [6.07, 6.45) is 0. The van der Waals surface area contributed by atoms with E-state index in [-0.39, 0.29) is 16.3 Å². The largest absolute Gasteiger partial charge is 0.343 e. The number of piperazine rings is 1. The molecule has 0 bridgehead atoms. The molecule has 2 aliphatic rings. The Morgan fingerprint density at radius 3 is 2.59 bits per heavy atom. The molecule has 1 aromatic carbocycles. The predicted octanol–water partition coefficient (Wildman–Crippen LogP) is 4.90. The molecule has 0 unspecified atom stereocenters. The number of halogens is 2. The van der Waals surface area contributed by atoms with Crippen molar-refractivity contribution in [3.63, 3.8) is 0 Å². The summed E-state index contributed by atoms with van der Waals surface area (Å²) in [5, 5.41) is 9.07. The molecule has 34 heavy (non-hydrogen) atoms. The van der Waals surface area contributed by atoms with Crippen molar-refractivity contribution in [2.24, 2.45) is 0 Å². The van der Waals surface area contributed by atoms with E-state index in [1.54, 1.807) is 23.7 Å². The van der Waals surface area contributed by atoms with E-state index in [1.165, 1.54) is 17.4 Å². The summed E-state index contributed by atoms with van der Waals surface area (Å²) in [5.74, 6) is -0.545. The van der Waals surface area contributed by atoms with E-state index in [9.17, 15) is 9.18 Å². The second-order valence-electron chi connectivity index (χ2n) is 10.0. The van der Waals surface area contributed by atoms with Gasteiger partial charge in [0.2, 0.25) is 5.13 Å². The first-order valence-corrected chi connectivity index (χ1v) is 12.4. The quantitative estimate of drug-likeness (QED) is 0.510. The summed E-state index contributed by atoms with van der Waals surface area (Å²) in [6, 6.07) is 8.49. The highest BCUT2D eigenvalue weighted by molar-refractivity contribution is 7.13. The lowest BCUT2D eigenvalue weighted by molar-refractivity contribution is 0.0508. The minimum atomic E-state index is -0.458. The molecule has 0 spiro atoms. The molecule has 3 aromatic rings. The van der Waals surface area contributed by atoms with Gasteiger partial charge in [-0.3, -0.25) is 4.79 Å². The monoisotopic (exact) mass is 500 g/mol. The number of benzene rings is 1. The van der Waals surface area contributed by atoms with E-state index in [2.05, 4.69) is 42.8 Å². The predicted molar refractivity (Wildman–Crippen MR) is 133 cm³/mol. The topological polar surface area (TPSA) is 65.5 Å². The fourth-order valence-electron chi connectivity index (χ4n) is 4.86. The second kappa shape index (κ2) is 8.16. The third-order valence-corrected chi connectivity index (χ3v) is 7.62. The fraction of sp³-hybridized carbons (Fsp3) is 0.417. The van der Waals surface area contributed by atoms with Gasteiger partial charge >= 0.3 is 0 Å². The van der Waals surface area contributed by atoms with Crippen LogP contribution in [0.15, 0.2) is 35.8 Å². The number of amides is 1. The molecule has 0 aliphatic carbocycles.